The fraction of sp³-hybridized carbons (Fsp3) is 0.407. The standard InChI is InChI=1S/C27H33N3O3/c1-4-7-16-30-26(20-14-15-21(33-17-8-5-2)22(18-20)32-6-3)23-24(19-12-10-9-11-13-19)28-29-25(23)27(30)31/h9-15,18,26H,4-8,16-17H2,1-3H3,(H,28,29). The van der Waals surface area contributed by atoms with Gasteiger partial charge in [-0.3, -0.25) is 9.89 Å². The molecule has 1 unspecified atom stereocenters. The molecule has 174 valence electrons. The molecule has 0 aliphatic carbocycles. The van der Waals surface area contributed by atoms with Crippen molar-refractivity contribution < 1.29 is 14.3 Å². The van der Waals surface area contributed by atoms with Gasteiger partial charge in [-0.2, -0.15) is 5.10 Å². The van der Waals surface area contributed by atoms with Gasteiger partial charge in [-0.1, -0.05) is 63.1 Å². The van der Waals surface area contributed by atoms with E-state index in [2.05, 4.69) is 30.1 Å². The number of hydrogen-bond donors (Lipinski definition) is 1. The van der Waals surface area contributed by atoms with E-state index in [1.807, 2.05) is 54.3 Å². The van der Waals surface area contributed by atoms with E-state index >= 15 is 0 Å². The van der Waals surface area contributed by atoms with Crippen LogP contribution in [0.15, 0.2) is 48.5 Å². The summed E-state index contributed by atoms with van der Waals surface area (Å²) in [5, 5.41) is 7.58. The lowest BCUT2D eigenvalue weighted by Crippen LogP contribution is -2.30. The summed E-state index contributed by atoms with van der Waals surface area (Å²) in [7, 11) is 0. The highest BCUT2D eigenvalue weighted by atomic mass is 16.5. The van der Waals surface area contributed by atoms with Crippen LogP contribution in [0.2, 0.25) is 0 Å². The molecule has 4 rings (SSSR count). The van der Waals surface area contributed by atoms with E-state index in [9.17, 15) is 4.79 Å². The monoisotopic (exact) mass is 447 g/mol. The second-order valence-electron chi connectivity index (χ2n) is 8.32. The maximum atomic E-state index is 13.4. The van der Waals surface area contributed by atoms with Crippen molar-refractivity contribution in [2.24, 2.45) is 0 Å². The number of H-pyrrole nitrogens is 1. The largest absolute Gasteiger partial charge is 0.490 e. The highest BCUT2D eigenvalue weighted by Crippen LogP contribution is 2.44. The fourth-order valence-corrected chi connectivity index (χ4v) is 4.33. The second kappa shape index (κ2) is 10.6. The number of nitrogens with zero attached hydrogens (tertiary/aromatic N) is 2. The zero-order valence-corrected chi connectivity index (χ0v) is 19.8. The summed E-state index contributed by atoms with van der Waals surface area (Å²) in [6.07, 6.45) is 4.03. The average molecular weight is 448 g/mol. The van der Waals surface area contributed by atoms with Crippen LogP contribution in [-0.4, -0.2) is 40.8 Å². The number of rotatable bonds is 11. The number of unbranched alkanes of at least 4 members (excludes halogenated alkanes) is 2. The number of amides is 1. The van der Waals surface area contributed by atoms with E-state index in [-0.39, 0.29) is 11.9 Å². The van der Waals surface area contributed by atoms with Gasteiger partial charge < -0.3 is 14.4 Å². The third kappa shape index (κ3) is 4.61. The average Bonchev–Trinajstić information content (AvgIpc) is 3.38. The predicted molar refractivity (Wildman–Crippen MR) is 130 cm³/mol. The molecule has 0 fully saturated rings. The number of carbonyl (C=O) groups excluding carboxylic acids is 1. The molecule has 1 atom stereocenters. The van der Waals surface area contributed by atoms with Crippen LogP contribution in [0, 0.1) is 0 Å². The molecule has 3 aromatic rings. The number of fused-ring (bicyclic) bond motifs is 1. The molecule has 0 spiro atoms. The topological polar surface area (TPSA) is 67.5 Å². The van der Waals surface area contributed by atoms with E-state index in [0.717, 1.165) is 53.8 Å². The SMILES string of the molecule is CCCCOc1ccc(C2c3c(-c4ccccc4)n[nH]c3C(=O)N2CCCC)cc1OCC. The van der Waals surface area contributed by atoms with E-state index in [1.165, 1.54) is 0 Å². The van der Waals surface area contributed by atoms with E-state index in [4.69, 9.17) is 9.47 Å². The van der Waals surface area contributed by atoms with Crippen LogP contribution >= 0.6 is 0 Å². The van der Waals surface area contributed by atoms with Gasteiger partial charge in [-0.05, 0) is 37.5 Å². The second-order valence-corrected chi connectivity index (χ2v) is 8.32. The van der Waals surface area contributed by atoms with E-state index < -0.39 is 0 Å². The minimum atomic E-state index is -0.225. The van der Waals surface area contributed by atoms with Gasteiger partial charge in [-0.25, -0.2) is 0 Å². The van der Waals surface area contributed by atoms with Crippen molar-refractivity contribution >= 4 is 5.91 Å². The lowest BCUT2D eigenvalue weighted by molar-refractivity contribution is 0.0741. The molecule has 6 heteroatoms. The Morgan fingerprint density at radius 3 is 2.48 bits per heavy atom. The van der Waals surface area contributed by atoms with Crippen molar-refractivity contribution in [3.8, 4) is 22.8 Å². The first-order valence-corrected chi connectivity index (χ1v) is 12.0. The summed E-state index contributed by atoms with van der Waals surface area (Å²) in [5.74, 6) is 1.46. The zero-order valence-electron chi connectivity index (χ0n) is 19.8. The molecule has 2 aromatic carbocycles. The van der Waals surface area contributed by atoms with Crippen molar-refractivity contribution in [2.75, 3.05) is 19.8 Å². The molecule has 1 aromatic heterocycles. The van der Waals surface area contributed by atoms with Crippen LogP contribution in [0.4, 0.5) is 0 Å². The molecule has 0 saturated carbocycles. The summed E-state index contributed by atoms with van der Waals surface area (Å²) in [4.78, 5) is 15.3. The van der Waals surface area contributed by atoms with Gasteiger partial charge in [0.05, 0.1) is 24.9 Å². The molecule has 33 heavy (non-hydrogen) atoms. The summed E-state index contributed by atoms with van der Waals surface area (Å²) in [5.41, 5.74) is 4.34. The molecule has 0 saturated heterocycles. The molecule has 0 bridgehead atoms. The van der Waals surface area contributed by atoms with Gasteiger partial charge >= 0.3 is 0 Å². The molecule has 2 heterocycles. The highest BCUT2D eigenvalue weighted by Gasteiger charge is 2.42. The molecule has 0 radical (unpaired) electrons. The maximum absolute atomic E-state index is 13.4. The first-order chi connectivity index (χ1) is 16.2. The first kappa shape index (κ1) is 22.9. The number of ether oxygens (including phenoxy) is 2. The van der Waals surface area contributed by atoms with Crippen LogP contribution in [0.25, 0.3) is 11.3 Å². The van der Waals surface area contributed by atoms with Crippen molar-refractivity contribution in [3.63, 3.8) is 0 Å². The van der Waals surface area contributed by atoms with Gasteiger partial charge in [0, 0.05) is 17.7 Å². The molecule has 1 amide bonds. The Kier molecular flexibility index (Phi) is 7.33. The molecule has 1 aliphatic heterocycles. The van der Waals surface area contributed by atoms with E-state index in [1.54, 1.807) is 0 Å². The van der Waals surface area contributed by atoms with Crippen LogP contribution in [0.5, 0.6) is 11.5 Å². The fourth-order valence-electron chi connectivity index (χ4n) is 4.33. The minimum Gasteiger partial charge on any atom is -0.490 e. The quantitative estimate of drug-likeness (QED) is 0.366. The third-order valence-electron chi connectivity index (χ3n) is 6.00. The number of aromatic amines is 1. The van der Waals surface area contributed by atoms with Gasteiger partial charge in [0.1, 0.15) is 5.69 Å². The normalized spacial score (nSPS) is 15.1. The minimum absolute atomic E-state index is 0.000589. The maximum Gasteiger partial charge on any atom is 0.273 e. The Balaban J connectivity index is 1.78. The zero-order chi connectivity index (χ0) is 23.2. The Morgan fingerprint density at radius 1 is 0.970 bits per heavy atom. The number of hydrogen-bond acceptors (Lipinski definition) is 4. The lowest BCUT2D eigenvalue weighted by Gasteiger charge is -2.27. The van der Waals surface area contributed by atoms with Crippen molar-refractivity contribution in [1.29, 1.82) is 0 Å². The van der Waals surface area contributed by atoms with Gasteiger partial charge in [-0.15, -0.1) is 0 Å². The van der Waals surface area contributed by atoms with Crippen LogP contribution in [0.1, 0.15) is 74.1 Å². The summed E-state index contributed by atoms with van der Waals surface area (Å²) in [6.45, 7) is 8.14. The van der Waals surface area contributed by atoms with Crippen molar-refractivity contribution in [1.82, 2.24) is 15.1 Å². The lowest BCUT2D eigenvalue weighted by atomic mass is 9.95. The molecule has 1 aliphatic rings. The van der Waals surface area contributed by atoms with Gasteiger partial charge in [0.2, 0.25) is 0 Å². The first-order valence-electron chi connectivity index (χ1n) is 12.0. The van der Waals surface area contributed by atoms with Crippen LogP contribution in [0.3, 0.4) is 0 Å². The Bertz CT molecular complexity index is 1080. The Morgan fingerprint density at radius 2 is 1.76 bits per heavy atom. The smallest absolute Gasteiger partial charge is 0.273 e. The molecule has 6 nitrogen and oxygen atoms in total. The predicted octanol–water partition coefficient (Wildman–Crippen LogP) is 6.00. The molecule has 1 N–H and O–H groups in total. The third-order valence-corrected chi connectivity index (χ3v) is 6.00. The molecular weight excluding hydrogens is 414 g/mol. The Hall–Kier alpha value is -3.28. The number of aromatic nitrogens is 2. The number of benzene rings is 2. The summed E-state index contributed by atoms with van der Waals surface area (Å²) >= 11 is 0. The summed E-state index contributed by atoms with van der Waals surface area (Å²) < 4.78 is 11.9. The van der Waals surface area contributed by atoms with E-state index in [0.29, 0.717) is 31.2 Å². The van der Waals surface area contributed by atoms with Gasteiger partial charge in [0.15, 0.2) is 11.5 Å². The Labute approximate surface area is 195 Å². The van der Waals surface area contributed by atoms with Crippen LogP contribution in [-0.2, 0) is 0 Å². The van der Waals surface area contributed by atoms with Crippen molar-refractivity contribution in [3.05, 3.63) is 65.4 Å². The highest BCUT2D eigenvalue weighted by molar-refractivity contribution is 6.00. The number of nitrogens with one attached hydrogen (secondary N) is 1. The van der Waals surface area contributed by atoms with Crippen LogP contribution < -0.4 is 9.47 Å². The molecular formula is C27H33N3O3. The van der Waals surface area contributed by atoms with Gasteiger partial charge in [0.25, 0.3) is 5.91 Å². The summed E-state index contributed by atoms with van der Waals surface area (Å²) in [6, 6.07) is 15.9. The number of carbonyl (C=O) groups is 1. The van der Waals surface area contributed by atoms with Crippen molar-refractivity contribution in [2.45, 2.75) is 52.5 Å².